The molecule has 3 nitrogen and oxygen atoms in total. The maximum Gasteiger partial charge on any atom is 0.253 e. The maximum atomic E-state index is 12.6. The molecule has 0 aromatic heterocycles. The first-order valence-corrected chi connectivity index (χ1v) is 8.24. The summed E-state index contributed by atoms with van der Waals surface area (Å²) in [6.45, 7) is 5.69. The molecule has 1 aromatic rings. The van der Waals surface area contributed by atoms with Gasteiger partial charge < -0.3 is 10.2 Å². The number of halogens is 2. The lowest BCUT2D eigenvalue weighted by atomic mass is 9.99. The molecule has 20 heavy (non-hydrogen) atoms. The molecule has 0 radical (unpaired) electrons. The van der Waals surface area contributed by atoms with Crippen LogP contribution in [0.15, 0.2) is 22.7 Å². The molecule has 1 amide bonds. The zero-order valence-corrected chi connectivity index (χ0v) is 14.0. The first-order chi connectivity index (χ1) is 9.61. The molecule has 2 rings (SSSR count). The summed E-state index contributed by atoms with van der Waals surface area (Å²) in [7, 11) is 0. The molecule has 1 aromatic carbocycles. The summed E-state index contributed by atoms with van der Waals surface area (Å²) in [6.07, 6.45) is 2.39. The van der Waals surface area contributed by atoms with E-state index in [2.05, 4.69) is 21.2 Å². The van der Waals surface area contributed by atoms with Crippen molar-refractivity contribution in [3.63, 3.8) is 0 Å². The Labute approximate surface area is 133 Å². The van der Waals surface area contributed by atoms with Gasteiger partial charge in [0.25, 0.3) is 5.91 Å². The van der Waals surface area contributed by atoms with Crippen LogP contribution >= 0.6 is 27.5 Å². The minimum atomic E-state index is 0.0791. The molecule has 1 N–H and O–H groups in total. The highest BCUT2D eigenvalue weighted by Crippen LogP contribution is 2.24. The van der Waals surface area contributed by atoms with Gasteiger partial charge in [0, 0.05) is 23.1 Å². The third kappa shape index (κ3) is 3.96. The minimum absolute atomic E-state index is 0.0791. The quantitative estimate of drug-likeness (QED) is 0.891. The van der Waals surface area contributed by atoms with E-state index in [9.17, 15) is 4.79 Å². The molecular formula is C15H20BrClN2O. The molecule has 1 fully saturated rings. The Bertz CT molecular complexity index is 475. The number of nitrogens with one attached hydrogen (secondary N) is 1. The smallest absolute Gasteiger partial charge is 0.253 e. The lowest BCUT2D eigenvalue weighted by Gasteiger charge is -2.29. The minimum Gasteiger partial charge on any atom is -0.339 e. The number of hydrogen-bond donors (Lipinski definition) is 1. The topological polar surface area (TPSA) is 32.3 Å². The summed E-state index contributed by atoms with van der Waals surface area (Å²) < 4.78 is 0.764. The second-order valence-electron chi connectivity index (χ2n) is 5.19. The molecule has 0 bridgehead atoms. The number of benzene rings is 1. The number of amides is 1. The van der Waals surface area contributed by atoms with Crippen LogP contribution in [0.3, 0.4) is 0 Å². The molecule has 0 saturated carbocycles. The number of carbonyl (C=O) groups is 1. The van der Waals surface area contributed by atoms with E-state index in [1.807, 2.05) is 11.8 Å². The van der Waals surface area contributed by atoms with Crippen LogP contribution < -0.4 is 5.32 Å². The zero-order chi connectivity index (χ0) is 14.5. The first kappa shape index (κ1) is 15.8. The fraction of sp³-hybridized carbons (Fsp3) is 0.533. The van der Waals surface area contributed by atoms with Crippen LogP contribution in [-0.4, -0.2) is 37.0 Å². The third-order valence-electron chi connectivity index (χ3n) is 3.71. The molecule has 1 atom stereocenters. The van der Waals surface area contributed by atoms with Crippen molar-refractivity contribution in [3.05, 3.63) is 33.3 Å². The number of carbonyl (C=O) groups excluding carboxylic acids is 1. The van der Waals surface area contributed by atoms with E-state index in [4.69, 9.17) is 11.6 Å². The maximum absolute atomic E-state index is 12.6. The highest BCUT2D eigenvalue weighted by atomic mass is 79.9. The van der Waals surface area contributed by atoms with Crippen molar-refractivity contribution in [1.29, 1.82) is 0 Å². The van der Waals surface area contributed by atoms with Gasteiger partial charge in [-0.25, -0.2) is 0 Å². The molecule has 5 heteroatoms. The van der Waals surface area contributed by atoms with E-state index in [0.29, 0.717) is 16.5 Å². The molecule has 1 aliphatic rings. The van der Waals surface area contributed by atoms with Gasteiger partial charge in [-0.15, -0.1) is 0 Å². The second kappa shape index (κ2) is 7.43. The number of hydrogen-bond acceptors (Lipinski definition) is 2. The largest absolute Gasteiger partial charge is 0.339 e. The number of rotatable bonds is 4. The van der Waals surface area contributed by atoms with Crippen molar-refractivity contribution in [1.82, 2.24) is 10.2 Å². The van der Waals surface area contributed by atoms with Crippen LogP contribution in [0.1, 0.15) is 30.1 Å². The predicted octanol–water partition coefficient (Wildman–Crippen LogP) is 3.56. The van der Waals surface area contributed by atoms with Crippen molar-refractivity contribution in [2.75, 3.05) is 26.2 Å². The van der Waals surface area contributed by atoms with Crippen molar-refractivity contribution >= 4 is 33.4 Å². The highest BCUT2D eigenvalue weighted by molar-refractivity contribution is 9.10. The van der Waals surface area contributed by atoms with Gasteiger partial charge in [0.1, 0.15) is 0 Å². The number of nitrogens with zero attached hydrogens (tertiary/aromatic N) is 1. The molecule has 1 heterocycles. The van der Waals surface area contributed by atoms with Gasteiger partial charge in [0.2, 0.25) is 0 Å². The number of piperidine rings is 1. The van der Waals surface area contributed by atoms with Gasteiger partial charge in [-0.1, -0.05) is 11.6 Å². The fourth-order valence-electron chi connectivity index (χ4n) is 2.56. The van der Waals surface area contributed by atoms with Gasteiger partial charge in [-0.2, -0.15) is 0 Å². The first-order valence-electron chi connectivity index (χ1n) is 7.07. The van der Waals surface area contributed by atoms with Crippen LogP contribution in [0.2, 0.25) is 5.02 Å². The fourth-order valence-corrected chi connectivity index (χ4v) is 3.06. The predicted molar refractivity (Wildman–Crippen MR) is 86.3 cm³/mol. The van der Waals surface area contributed by atoms with Crippen molar-refractivity contribution in [2.24, 2.45) is 5.92 Å². The van der Waals surface area contributed by atoms with Crippen LogP contribution in [0.25, 0.3) is 0 Å². The summed E-state index contributed by atoms with van der Waals surface area (Å²) in [5.74, 6) is 0.638. The molecule has 0 spiro atoms. The van der Waals surface area contributed by atoms with Gasteiger partial charge >= 0.3 is 0 Å². The Morgan fingerprint density at radius 1 is 1.55 bits per heavy atom. The Morgan fingerprint density at radius 3 is 2.95 bits per heavy atom. The third-order valence-corrected chi connectivity index (χ3v) is 4.93. The van der Waals surface area contributed by atoms with Crippen molar-refractivity contribution < 1.29 is 4.79 Å². The Hall–Kier alpha value is -0.580. The molecule has 1 unspecified atom stereocenters. The Morgan fingerprint density at radius 2 is 2.35 bits per heavy atom. The average molecular weight is 360 g/mol. The van der Waals surface area contributed by atoms with E-state index in [0.717, 1.165) is 30.7 Å². The average Bonchev–Trinajstić information content (AvgIpc) is 2.48. The molecule has 1 aliphatic heterocycles. The van der Waals surface area contributed by atoms with E-state index in [1.165, 1.54) is 12.8 Å². The van der Waals surface area contributed by atoms with Crippen LogP contribution in [0.4, 0.5) is 0 Å². The normalized spacial score (nSPS) is 18.9. The monoisotopic (exact) mass is 358 g/mol. The van der Waals surface area contributed by atoms with Gasteiger partial charge in [-0.05, 0) is 72.9 Å². The van der Waals surface area contributed by atoms with E-state index in [-0.39, 0.29) is 5.91 Å². The molecular weight excluding hydrogens is 340 g/mol. The standard InChI is InChI=1S/C15H20BrClN2O/c1-2-19(10-11-4-3-7-18-9-11)15(20)12-5-6-14(17)13(16)8-12/h5-6,8,11,18H,2-4,7,9-10H2,1H3. The Kier molecular flexibility index (Phi) is 5.87. The lowest BCUT2D eigenvalue weighted by molar-refractivity contribution is 0.0729. The van der Waals surface area contributed by atoms with Crippen molar-refractivity contribution in [3.8, 4) is 0 Å². The van der Waals surface area contributed by atoms with Crippen LogP contribution in [-0.2, 0) is 0 Å². The summed E-state index contributed by atoms with van der Waals surface area (Å²) in [5.41, 5.74) is 0.687. The molecule has 110 valence electrons. The van der Waals surface area contributed by atoms with Gasteiger partial charge in [-0.3, -0.25) is 4.79 Å². The Balaban J connectivity index is 2.05. The lowest BCUT2D eigenvalue weighted by Crippen LogP contribution is -2.41. The summed E-state index contributed by atoms with van der Waals surface area (Å²) >= 11 is 9.35. The van der Waals surface area contributed by atoms with Crippen LogP contribution in [0.5, 0.6) is 0 Å². The second-order valence-corrected chi connectivity index (χ2v) is 6.45. The van der Waals surface area contributed by atoms with E-state index >= 15 is 0 Å². The van der Waals surface area contributed by atoms with Crippen molar-refractivity contribution in [2.45, 2.75) is 19.8 Å². The SMILES string of the molecule is CCN(CC1CCCNC1)C(=O)c1ccc(Cl)c(Br)c1. The zero-order valence-electron chi connectivity index (χ0n) is 11.7. The van der Waals surface area contributed by atoms with E-state index in [1.54, 1.807) is 18.2 Å². The molecule has 0 aliphatic carbocycles. The summed E-state index contributed by atoms with van der Waals surface area (Å²) in [6, 6.07) is 5.35. The summed E-state index contributed by atoms with van der Waals surface area (Å²) in [4.78, 5) is 14.5. The van der Waals surface area contributed by atoms with Gasteiger partial charge in [0.15, 0.2) is 0 Å². The van der Waals surface area contributed by atoms with Gasteiger partial charge in [0.05, 0.1) is 5.02 Å². The van der Waals surface area contributed by atoms with Crippen LogP contribution in [0, 0.1) is 5.92 Å². The highest BCUT2D eigenvalue weighted by Gasteiger charge is 2.21. The molecule has 1 saturated heterocycles. The summed E-state index contributed by atoms with van der Waals surface area (Å²) in [5, 5.41) is 4.02. The van der Waals surface area contributed by atoms with E-state index < -0.39 is 0 Å².